The van der Waals surface area contributed by atoms with Crippen molar-refractivity contribution in [3.8, 4) is 0 Å². The third-order valence-electron chi connectivity index (χ3n) is 4.88. The van der Waals surface area contributed by atoms with E-state index in [1.54, 1.807) is 22.8 Å². The van der Waals surface area contributed by atoms with Crippen molar-refractivity contribution >= 4 is 41.3 Å². The molecule has 0 radical (unpaired) electrons. The third kappa shape index (κ3) is 5.39. The quantitative estimate of drug-likeness (QED) is 0.519. The molecule has 1 aromatic heterocycles. The molecule has 3 aromatic rings. The maximum atomic E-state index is 12.6. The second-order valence-corrected chi connectivity index (χ2v) is 7.91. The van der Waals surface area contributed by atoms with Crippen LogP contribution in [0.25, 0.3) is 0 Å². The van der Waals surface area contributed by atoms with Crippen LogP contribution in [0.15, 0.2) is 42.5 Å². The van der Waals surface area contributed by atoms with Crippen molar-refractivity contribution in [2.45, 2.75) is 40.4 Å². The molecule has 9 heteroatoms. The van der Waals surface area contributed by atoms with Crippen molar-refractivity contribution in [2.75, 3.05) is 5.32 Å². The largest absolute Gasteiger partial charge is 0.345 e. The summed E-state index contributed by atoms with van der Waals surface area (Å²) in [6.45, 7) is 6.44. The molecule has 0 fully saturated rings. The Morgan fingerprint density at radius 3 is 2.58 bits per heavy atom. The van der Waals surface area contributed by atoms with Gasteiger partial charge < -0.3 is 15.2 Å². The normalized spacial score (nSPS) is 10.7. The first-order chi connectivity index (χ1) is 14.8. The Bertz CT molecular complexity index is 1180. The van der Waals surface area contributed by atoms with Gasteiger partial charge in [0.25, 0.3) is 5.91 Å². The summed E-state index contributed by atoms with van der Waals surface area (Å²) in [7, 11) is 0. The predicted molar refractivity (Wildman–Crippen MR) is 124 cm³/mol. The zero-order chi connectivity index (χ0) is 22.5. The fraction of sp³-hybridized carbons (Fsp3) is 0.273. The molecule has 2 aromatic carbocycles. The lowest BCUT2D eigenvalue weighted by atomic mass is 10.1. The number of halogens is 1. The minimum atomic E-state index is -0.266. The summed E-state index contributed by atoms with van der Waals surface area (Å²) in [6.07, 6.45) is 0. The molecule has 31 heavy (non-hydrogen) atoms. The summed E-state index contributed by atoms with van der Waals surface area (Å²) in [5.41, 5.74) is 3.05. The van der Waals surface area contributed by atoms with Gasteiger partial charge in [-0.05, 0) is 62.3 Å². The Labute approximate surface area is 191 Å². The topological polar surface area (TPSA) is 81.0 Å². The number of amides is 2. The molecule has 0 atom stereocenters. The minimum Gasteiger partial charge on any atom is -0.345 e. The van der Waals surface area contributed by atoms with Crippen LogP contribution in [-0.4, -0.2) is 26.2 Å². The van der Waals surface area contributed by atoms with E-state index in [9.17, 15) is 9.59 Å². The van der Waals surface area contributed by atoms with Gasteiger partial charge in [-0.1, -0.05) is 35.9 Å². The molecule has 0 unspecified atom stereocenters. The highest BCUT2D eigenvalue weighted by molar-refractivity contribution is 7.71. The standard InChI is InChI=1S/C22H24ClN5O2S/c1-4-27-19(12-24-21(30)17-8-6-5-7-14(17)2)26-28(22(27)31)13-20(29)25-18-11-16(23)10-9-15(18)3/h5-11H,4,12-13H2,1-3H3,(H,24,30)(H,25,29). The average Bonchev–Trinajstić information content (AvgIpc) is 3.03. The van der Waals surface area contributed by atoms with E-state index in [4.69, 9.17) is 23.8 Å². The molecule has 0 aliphatic heterocycles. The summed E-state index contributed by atoms with van der Waals surface area (Å²) in [6, 6.07) is 12.7. The minimum absolute atomic E-state index is 0.0451. The Balaban J connectivity index is 1.72. The van der Waals surface area contributed by atoms with Crippen molar-refractivity contribution in [3.63, 3.8) is 0 Å². The number of carbonyl (C=O) groups excluding carboxylic acids is 2. The third-order valence-corrected chi connectivity index (χ3v) is 5.55. The number of rotatable bonds is 7. The van der Waals surface area contributed by atoms with E-state index in [2.05, 4.69) is 15.7 Å². The maximum Gasteiger partial charge on any atom is 0.251 e. The summed E-state index contributed by atoms with van der Waals surface area (Å²) in [5, 5.41) is 10.7. The molecule has 2 N–H and O–H groups in total. The van der Waals surface area contributed by atoms with Crippen LogP contribution in [0, 0.1) is 18.6 Å². The lowest BCUT2D eigenvalue weighted by Gasteiger charge is -2.08. The highest BCUT2D eigenvalue weighted by atomic mass is 35.5. The van der Waals surface area contributed by atoms with Crippen molar-refractivity contribution in [2.24, 2.45) is 0 Å². The van der Waals surface area contributed by atoms with Crippen molar-refractivity contribution < 1.29 is 9.59 Å². The Kier molecular flexibility index (Phi) is 7.25. The summed E-state index contributed by atoms with van der Waals surface area (Å²) >= 11 is 11.5. The molecule has 0 bridgehead atoms. The van der Waals surface area contributed by atoms with Gasteiger partial charge in [-0.3, -0.25) is 9.59 Å². The van der Waals surface area contributed by atoms with Crippen LogP contribution in [0.3, 0.4) is 0 Å². The number of anilines is 1. The summed E-state index contributed by atoms with van der Waals surface area (Å²) in [4.78, 5) is 25.1. The fourth-order valence-electron chi connectivity index (χ4n) is 3.17. The first-order valence-electron chi connectivity index (χ1n) is 9.86. The predicted octanol–water partition coefficient (Wildman–Crippen LogP) is 4.27. The molecule has 0 spiro atoms. The Hall–Kier alpha value is -2.97. The van der Waals surface area contributed by atoms with Crippen molar-refractivity contribution in [1.82, 2.24) is 19.7 Å². The van der Waals surface area contributed by atoms with Crippen molar-refractivity contribution in [1.29, 1.82) is 0 Å². The zero-order valence-electron chi connectivity index (χ0n) is 17.6. The number of hydrogen-bond acceptors (Lipinski definition) is 4. The monoisotopic (exact) mass is 457 g/mol. The number of benzene rings is 2. The molecule has 0 aliphatic carbocycles. The highest BCUT2D eigenvalue weighted by Crippen LogP contribution is 2.20. The van der Waals surface area contributed by atoms with E-state index < -0.39 is 0 Å². The molecule has 7 nitrogen and oxygen atoms in total. The number of carbonyl (C=O) groups is 2. The first kappa shape index (κ1) is 22.7. The maximum absolute atomic E-state index is 12.6. The highest BCUT2D eigenvalue weighted by Gasteiger charge is 2.15. The first-order valence-corrected chi connectivity index (χ1v) is 10.6. The van der Waals surface area contributed by atoms with Gasteiger partial charge >= 0.3 is 0 Å². The van der Waals surface area contributed by atoms with Gasteiger partial charge in [0, 0.05) is 22.8 Å². The van der Waals surface area contributed by atoms with E-state index in [0.29, 0.717) is 33.4 Å². The number of nitrogens with zero attached hydrogens (tertiary/aromatic N) is 3. The van der Waals surface area contributed by atoms with Crippen molar-refractivity contribution in [3.05, 3.63) is 74.8 Å². The van der Waals surface area contributed by atoms with Gasteiger partial charge in [-0.15, -0.1) is 0 Å². The lowest BCUT2D eigenvalue weighted by molar-refractivity contribution is -0.116. The Morgan fingerprint density at radius 2 is 1.87 bits per heavy atom. The number of aryl methyl sites for hydroxylation is 2. The van der Waals surface area contributed by atoms with Gasteiger partial charge in [0.1, 0.15) is 6.54 Å². The molecule has 0 saturated heterocycles. The number of aromatic nitrogens is 3. The smallest absolute Gasteiger partial charge is 0.251 e. The summed E-state index contributed by atoms with van der Waals surface area (Å²) in [5.74, 6) is 0.134. The summed E-state index contributed by atoms with van der Waals surface area (Å²) < 4.78 is 3.68. The second kappa shape index (κ2) is 9.89. The van der Waals surface area contributed by atoms with Crippen LogP contribution < -0.4 is 10.6 Å². The SMILES string of the molecule is CCn1c(CNC(=O)c2ccccc2C)nn(CC(=O)Nc2cc(Cl)ccc2C)c1=S. The lowest BCUT2D eigenvalue weighted by Crippen LogP contribution is -2.25. The average molecular weight is 458 g/mol. The fourth-order valence-corrected chi connectivity index (χ4v) is 3.69. The van der Waals surface area contributed by atoms with Gasteiger partial charge in [0.15, 0.2) is 10.6 Å². The molecular weight excluding hydrogens is 434 g/mol. The van der Waals surface area contributed by atoms with Crippen LogP contribution in [0.1, 0.15) is 34.2 Å². The van der Waals surface area contributed by atoms with Gasteiger partial charge in [-0.2, -0.15) is 5.10 Å². The Morgan fingerprint density at radius 1 is 1.13 bits per heavy atom. The molecule has 0 saturated carbocycles. The number of hydrogen-bond donors (Lipinski definition) is 2. The van der Waals surface area contributed by atoms with E-state index in [1.165, 1.54) is 4.68 Å². The van der Waals surface area contributed by atoms with Crippen LogP contribution in [0.4, 0.5) is 5.69 Å². The van der Waals surface area contributed by atoms with Crippen LogP contribution in [0.5, 0.6) is 0 Å². The molecule has 2 amide bonds. The van der Waals surface area contributed by atoms with Crippen LogP contribution >= 0.6 is 23.8 Å². The molecule has 0 aliphatic rings. The second-order valence-electron chi connectivity index (χ2n) is 7.11. The zero-order valence-corrected chi connectivity index (χ0v) is 19.2. The molecule has 162 valence electrons. The van der Waals surface area contributed by atoms with Crippen LogP contribution in [0.2, 0.25) is 5.02 Å². The van der Waals surface area contributed by atoms with Gasteiger partial charge in [-0.25, -0.2) is 4.68 Å². The number of nitrogens with one attached hydrogen (secondary N) is 2. The molecular formula is C22H24ClN5O2S. The van der Waals surface area contributed by atoms with Gasteiger partial charge in [0.2, 0.25) is 5.91 Å². The van der Waals surface area contributed by atoms with E-state index in [0.717, 1.165) is 11.1 Å². The molecule has 1 heterocycles. The van der Waals surface area contributed by atoms with E-state index in [-0.39, 0.29) is 24.9 Å². The molecule has 3 rings (SSSR count). The van der Waals surface area contributed by atoms with Gasteiger partial charge in [0.05, 0.1) is 6.54 Å². The van der Waals surface area contributed by atoms with Crippen LogP contribution in [-0.2, 0) is 24.4 Å². The van der Waals surface area contributed by atoms with E-state index >= 15 is 0 Å². The van der Waals surface area contributed by atoms with E-state index in [1.807, 2.05) is 45.0 Å².